The van der Waals surface area contributed by atoms with Gasteiger partial charge in [-0.15, -0.1) is 0 Å². The number of benzene rings is 3. The Bertz CT molecular complexity index is 1670. The van der Waals surface area contributed by atoms with Crippen molar-refractivity contribution >= 4 is 23.9 Å². The van der Waals surface area contributed by atoms with Crippen molar-refractivity contribution in [3.8, 4) is 0 Å². The molecule has 10 atom stereocenters. The first-order valence-corrected chi connectivity index (χ1v) is 18.1. The highest BCUT2D eigenvalue weighted by molar-refractivity contribution is 5.68. The molecule has 55 heavy (non-hydrogen) atoms. The van der Waals surface area contributed by atoms with Gasteiger partial charge in [0.25, 0.3) is 0 Å². The number of hydrogen-bond acceptors (Lipinski definition) is 14. The summed E-state index contributed by atoms with van der Waals surface area (Å²) in [5.74, 6) is -2.92. The minimum absolute atomic E-state index is 0.113. The van der Waals surface area contributed by atoms with Crippen LogP contribution in [0.4, 0.5) is 0 Å². The molecule has 14 nitrogen and oxygen atoms in total. The highest BCUT2D eigenvalue weighted by Crippen LogP contribution is 2.36. The van der Waals surface area contributed by atoms with Crippen LogP contribution in [0.1, 0.15) is 51.3 Å². The van der Waals surface area contributed by atoms with Crippen molar-refractivity contribution in [2.24, 2.45) is 0 Å². The van der Waals surface area contributed by atoms with Gasteiger partial charge in [0, 0.05) is 27.7 Å². The Morgan fingerprint density at radius 3 is 1.42 bits per heavy atom. The smallest absolute Gasteiger partial charge is 0.305 e. The third kappa shape index (κ3) is 12.1. The minimum Gasteiger partial charge on any atom is -0.463 e. The Morgan fingerprint density at radius 1 is 0.491 bits per heavy atom. The molecule has 5 rings (SSSR count). The van der Waals surface area contributed by atoms with Crippen molar-refractivity contribution in [1.82, 2.24) is 0 Å². The standard InChI is InChI=1S/C41H48O14/c1-25-34(47-21-30-15-9-6-10-16-30)36(48-22-31-17-11-7-12-18-31)38(49-23-32-19-13-8-14-20-32)40(50-25)55-39-37(52-28(4)44)35(51-27(3)43)33(24-46-26(2)42)54-41(39)53-29(5)45/h6-20,25,33-41H,21-24H2,1-5H3/t25-,33-,34+,35-,36-,37-,38-,39-,40-,41-/m0/s1. The molecule has 0 saturated carbocycles. The Morgan fingerprint density at radius 2 is 0.945 bits per heavy atom. The van der Waals surface area contributed by atoms with Crippen LogP contribution in [0.25, 0.3) is 0 Å². The van der Waals surface area contributed by atoms with Gasteiger partial charge in [0.05, 0.1) is 25.9 Å². The molecule has 0 spiro atoms. The summed E-state index contributed by atoms with van der Waals surface area (Å²) in [6.45, 7) is 6.59. The van der Waals surface area contributed by atoms with Gasteiger partial charge in [-0.2, -0.15) is 0 Å². The fourth-order valence-corrected chi connectivity index (χ4v) is 6.41. The van der Waals surface area contributed by atoms with Crippen LogP contribution in [0.3, 0.4) is 0 Å². The molecule has 14 heteroatoms. The zero-order valence-corrected chi connectivity index (χ0v) is 31.5. The summed E-state index contributed by atoms with van der Waals surface area (Å²) in [5.41, 5.74) is 2.68. The predicted octanol–water partition coefficient (Wildman–Crippen LogP) is 4.59. The van der Waals surface area contributed by atoms with Crippen LogP contribution in [0.5, 0.6) is 0 Å². The molecule has 2 aliphatic heterocycles. The van der Waals surface area contributed by atoms with Gasteiger partial charge in [0.2, 0.25) is 6.29 Å². The van der Waals surface area contributed by atoms with Crippen LogP contribution in [0, 0.1) is 0 Å². The maximum absolute atomic E-state index is 12.6. The fraction of sp³-hybridized carbons (Fsp3) is 0.463. The topological polar surface area (TPSA) is 161 Å². The molecule has 2 heterocycles. The molecule has 0 N–H and O–H groups in total. The molecule has 2 fully saturated rings. The lowest BCUT2D eigenvalue weighted by Crippen LogP contribution is -2.66. The molecular weight excluding hydrogens is 716 g/mol. The lowest BCUT2D eigenvalue weighted by Gasteiger charge is -2.49. The Labute approximate surface area is 320 Å². The van der Waals surface area contributed by atoms with E-state index in [0.29, 0.717) is 0 Å². The maximum Gasteiger partial charge on any atom is 0.305 e. The van der Waals surface area contributed by atoms with Gasteiger partial charge in [0.15, 0.2) is 24.6 Å². The highest BCUT2D eigenvalue weighted by atomic mass is 16.8. The predicted molar refractivity (Wildman–Crippen MR) is 192 cm³/mol. The number of ether oxygens (including phenoxy) is 10. The van der Waals surface area contributed by atoms with Gasteiger partial charge < -0.3 is 47.4 Å². The molecule has 0 amide bonds. The molecule has 0 aromatic heterocycles. The van der Waals surface area contributed by atoms with Crippen molar-refractivity contribution in [2.45, 2.75) is 116 Å². The highest BCUT2D eigenvalue weighted by Gasteiger charge is 2.56. The first kappa shape index (κ1) is 41.5. The first-order valence-electron chi connectivity index (χ1n) is 18.1. The summed E-state index contributed by atoms with van der Waals surface area (Å²) in [7, 11) is 0. The summed E-state index contributed by atoms with van der Waals surface area (Å²) < 4.78 is 61.2. The third-order valence-electron chi connectivity index (χ3n) is 8.80. The van der Waals surface area contributed by atoms with Crippen LogP contribution in [-0.2, 0) is 86.4 Å². The summed E-state index contributed by atoms with van der Waals surface area (Å²) in [6, 6.07) is 28.7. The van der Waals surface area contributed by atoms with Crippen molar-refractivity contribution in [2.75, 3.05) is 6.61 Å². The molecule has 3 aromatic rings. The number of hydrogen-bond donors (Lipinski definition) is 0. The van der Waals surface area contributed by atoms with E-state index in [0.717, 1.165) is 37.5 Å². The Balaban J connectivity index is 1.53. The normalized spacial score (nSPS) is 27.7. The number of rotatable bonds is 16. The largest absolute Gasteiger partial charge is 0.463 e. The molecule has 2 saturated heterocycles. The molecular formula is C41H48O14. The van der Waals surface area contributed by atoms with E-state index in [4.69, 9.17) is 47.4 Å². The van der Waals surface area contributed by atoms with Gasteiger partial charge in [-0.05, 0) is 23.6 Å². The Kier molecular flexibility index (Phi) is 15.3. The van der Waals surface area contributed by atoms with Gasteiger partial charge in [-0.25, -0.2) is 0 Å². The molecule has 0 unspecified atom stereocenters. The van der Waals surface area contributed by atoms with Gasteiger partial charge in [-0.3, -0.25) is 19.2 Å². The van der Waals surface area contributed by atoms with Crippen molar-refractivity contribution in [3.05, 3.63) is 108 Å². The average Bonchev–Trinajstić information content (AvgIpc) is 3.15. The van der Waals surface area contributed by atoms with E-state index in [1.807, 2.05) is 91.0 Å². The maximum atomic E-state index is 12.6. The molecule has 0 aliphatic carbocycles. The second-order valence-corrected chi connectivity index (χ2v) is 13.2. The van der Waals surface area contributed by atoms with Gasteiger partial charge >= 0.3 is 23.9 Å². The monoisotopic (exact) mass is 764 g/mol. The minimum atomic E-state index is -1.56. The van der Waals surface area contributed by atoms with Gasteiger partial charge in [-0.1, -0.05) is 91.0 Å². The number of carbonyl (C=O) groups is 4. The van der Waals surface area contributed by atoms with E-state index in [2.05, 4.69) is 0 Å². The Hall–Kier alpha value is -4.70. The van der Waals surface area contributed by atoms with Crippen molar-refractivity contribution in [3.63, 3.8) is 0 Å². The van der Waals surface area contributed by atoms with Crippen molar-refractivity contribution < 1.29 is 66.5 Å². The quantitative estimate of drug-likeness (QED) is 0.147. The zero-order chi connectivity index (χ0) is 39.3. The fourth-order valence-electron chi connectivity index (χ4n) is 6.41. The van der Waals surface area contributed by atoms with E-state index in [9.17, 15) is 19.2 Å². The van der Waals surface area contributed by atoms with E-state index in [1.54, 1.807) is 6.92 Å². The van der Waals surface area contributed by atoms with Crippen molar-refractivity contribution in [1.29, 1.82) is 0 Å². The lowest BCUT2D eigenvalue weighted by molar-refractivity contribution is -0.370. The number of esters is 4. The summed E-state index contributed by atoms with van der Waals surface area (Å²) in [6.07, 6.45) is -11.5. The molecule has 0 bridgehead atoms. The average molecular weight is 765 g/mol. The second kappa shape index (κ2) is 20.3. The third-order valence-corrected chi connectivity index (χ3v) is 8.80. The molecule has 2 aliphatic rings. The van der Waals surface area contributed by atoms with E-state index in [1.165, 1.54) is 6.92 Å². The van der Waals surface area contributed by atoms with Crippen LogP contribution >= 0.6 is 0 Å². The molecule has 0 radical (unpaired) electrons. The van der Waals surface area contributed by atoms with E-state index in [-0.39, 0.29) is 19.8 Å². The van der Waals surface area contributed by atoms with Gasteiger partial charge in [0.1, 0.15) is 31.0 Å². The second-order valence-electron chi connectivity index (χ2n) is 13.2. The first-order chi connectivity index (χ1) is 26.5. The molecule has 3 aromatic carbocycles. The number of carbonyl (C=O) groups excluding carboxylic acids is 4. The SMILES string of the molecule is CC(=O)OC[C@@H]1O[C@H](OC(C)=O)[C@@H](O[C@@H]2O[C@@H](C)[C@@H](OCc3ccccc3)[C@H](OCc3ccccc3)[C@@H]2OCc2ccccc2)[C@@H](OC(C)=O)[C@H]1OC(C)=O. The van der Waals surface area contributed by atoms with Crippen LogP contribution in [0.2, 0.25) is 0 Å². The van der Waals surface area contributed by atoms with Crippen LogP contribution < -0.4 is 0 Å². The van der Waals surface area contributed by atoms with E-state index < -0.39 is 91.9 Å². The molecule has 296 valence electrons. The zero-order valence-electron chi connectivity index (χ0n) is 31.5. The summed E-state index contributed by atoms with van der Waals surface area (Å²) >= 11 is 0. The summed E-state index contributed by atoms with van der Waals surface area (Å²) in [4.78, 5) is 49.3. The van der Waals surface area contributed by atoms with Crippen LogP contribution in [0.15, 0.2) is 91.0 Å². The van der Waals surface area contributed by atoms with Crippen LogP contribution in [-0.4, -0.2) is 91.9 Å². The lowest BCUT2D eigenvalue weighted by atomic mass is 9.96. The van der Waals surface area contributed by atoms with E-state index >= 15 is 0 Å². The summed E-state index contributed by atoms with van der Waals surface area (Å²) in [5, 5.41) is 0.